The van der Waals surface area contributed by atoms with Gasteiger partial charge in [-0.25, -0.2) is 0 Å². The van der Waals surface area contributed by atoms with Gasteiger partial charge < -0.3 is 4.84 Å². The first kappa shape index (κ1) is 9.34. The van der Waals surface area contributed by atoms with E-state index in [1.807, 2.05) is 24.3 Å². The SMILES string of the molecule is O=C1NOc2ccccc2C1CCCl. The van der Waals surface area contributed by atoms with Crippen LogP contribution < -0.4 is 10.3 Å². The summed E-state index contributed by atoms with van der Waals surface area (Å²) in [6.45, 7) is 0. The van der Waals surface area contributed by atoms with Crippen molar-refractivity contribution in [3.05, 3.63) is 29.8 Å². The lowest BCUT2D eigenvalue weighted by molar-refractivity contribution is -0.130. The molecule has 0 spiro atoms. The number of alkyl halides is 1. The van der Waals surface area contributed by atoms with Gasteiger partial charge in [0.2, 0.25) is 0 Å². The van der Waals surface area contributed by atoms with Crippen molar-refractivity contribution in [2.75, 3.05) is 5.88 Å². The molecule has 1 atom stereocenters. The Morgan fingerprint density at radius 1 is 1.43 bits per heavy atom. The Bertz CT molecular complexity index is 354. The maximum absolute atomic E-state index is 11.5. The van der Waals surface area contributed by atoms with E-state index in [0.29, 0.717) is 18.1 Å². The quantitative estimate of drug-likeness (QED) is 0.758. The molecule has 1 aromatic carbocycles. The van der Waals surface area contributed by atoms with Crippen molar-refractivity contribution < 1.29 is 9.63 Å². The number of nitrogens with one attached hydrogen (secondary N) is 1. The first-order valence-electron chi connectivity index (χ1n) is 4.44. The molecular weight excluding hydrogens is 202 g/mol. The van der Waals surface area contributed by atoms with Crippen molar-refractivity contribution in [3.8, 4) is 5.75 Å². The van der Waals surface area contributed by atoms with Crippen LogP contribution in [-0.4, -0.2) is 11.8 Å². The maximum atomic E-state index is 11.5. The summed E-state index contributed by atoms with van der Waals surface area (Å²) in [6.07, 6.45) is 0.633. The van der Waals surface area contributed by atoms with E-state index >= 15 is 0 Å². The normalized spacial score (nSPS) is 19.5. The molecule has 1 unspecified atom stereocenters. The fraction of sp³-hybridized carbons (Fsp3) is 0.300. The minimum Gasteiger partial charge on any atom is -0.379 e. The predicted octanol–water partition coefficient (Wildman–Crippen LogP) is 1.82. The van der Waals surface area contributed by atoms with Crippen molar-refractivity contribution in [1.29, 1.82) is 0 Å². The van der Waals surface area contributed by atoms with Crippen LogP contribution in [0.25, 0.3) is 0 Å². The number of carbonyl (C=O) groups is 1. The zero-order chi connectivity index (χ0) is 9.97. The van der Waals surface area contributed by atoms with E-state index in [1.54, 1.807) is 0 Å². The molecule has 0 saturated heterocycles. The van der Waals surface area contributed by atoms with Gasteiger partial charge in [-0.2, -0.15) is 5.48 Å². The number of fused-ring (bicyclic) bond motifs is 1. The molecule has 2 rings (SSSR count). The maximum Gasteiger partial charge on any atom is 0.260 e. The molecule has 3 nitrogen and oxygen atoms in total. The van der Waals surface area contributed by atoms with E-state index in [1.165, 1.54) is 0 Å². The van der Waals surface area contributed by atoms with Gasteiger partial charge >= 0.3 is 0 Å². The molecule has 14 heavy (non-hydrogen) atoms. The van der Waals surface area contributed by atoms with Crippen LogP contribution >= 0.6 is 11.6 Å². The van der Waals surface area contributed by atoms with Gasteiger partial charge in [0, 0.05) is 11.4 Å². The van der Waals surface area contributed by atoms with Crippen LogP contribution in [0.3, 0.4) is 0 Å². The van der Waals surface area contributed by atoms with E-state index < -0.39 is 0 Å². The molecule has 0 fully saturated rings. The molecule has 0 radical (unpaired) electrons. The number of amides is 1. The van der Waals surface area contributed by atoms with Crippen LogP contribution in [0.2, 0.25) is 0 Å². The molecule has 1 aliphatic heterocycles. The summed E-state index contributed by atoms with van der Waals surface area (Å²) in [7, 11) is 0. The third kappa shape index (κ3) is 1.55. The van der Waals surface area contributed by atoms with Crippen molar-refractivity contribution in [2.45, 2.75) is 12.3 Å². The average Bonchev–Trinajstić information content (AvgIpc) is 2.23. The van der Waals surface area contributed by atoms with Crippen molar-refractivity contribution >= 4 is 17.5 Å². The number of halogens is 1. The fourth-order valence-electron chi connectivity index (χ4n) is 1.57. The molecule has 0 saturated carbocycles. The Balaban J connectivity index is 2.36. The van der Waals surface area contributed by atoms with Crippen molar-refractivity contribution in [1.82, 2.24) is 5.48 Å². The summed E-state index contributed by atoms with van der Waals surface area (Å²) in [4.78, 5) is 16.5. The van der Waals surface area contributed by atoms with Crippen molar-refractivity contribution in [2.24, 2.45) is 0 Å². The minimum atomic E-state index is -0.183. The van der Waals surface area contributed by atoms with Crippen LogP contribution in [0.4, 0.5) is 0 Å². The summed E-state index contributed by atoms with van der Waals surface area (Å²) < 4.78 is 0. The number of hydrogen-bond acceptors (Lipinski definition) is 2. The van der Waals surface area contributed by atoms with Gasteiger partial charge in [-0.05, 0) is 12.5 Å². The number of para-hydroxylation sites is 1. The number of hydroxylamine groups is 1. The average molecular weight is 212 g/mol. The van der Waals surface area contributed by atoms with Crippen LogP contribution in [0.15, 0.2) is 24.3 Å². The van der Waals surface area contributed by atoms with Gasteiger partial charge in [0.15, 0.2) is 5.75 Å². The Kier molecular flexibility index (Phi) is 2.59. The van der Waals surface area contributed by atoms with Crippen LogP contribution in [0.1, 0.15) is 17.9 Å². The smallest absolute Gasteiger partial charge is 0.260 e. The molecule has 1 aliphatic rings. The minimum absolute atomic E-state index is 0.121. The van der Waals surface area contributed by atoms with Gasteiger partial charge in [-0.15, -0.1) is 11.6 Å². The highest BCUT2D eigenvalue weighted by atomic mass is 35.5. The molecule has 74 valence electrons. The lowest BCUT2D eigenvalue weighted by atomic mass is 9.94. The summed E-state index contributed by atoms with van der Waals surface area (Å²) in [5.41, 5.74) is 3.29. The van der Waals surface area contributed by atoms with E-state index in [0.717, 1.165) is 5.56 Å². The molecule has 0 aliphatic carbocycles. The van der Waals surface area contributed by atoms with Gasteiger partial charge in [0.25, 0.3) is 5.91 Å². The summed E-state index contributed by atoms with van der Waals surface area (Å²) in [6, 6.07) is 7.48. The second kappa shape index (κ2) is 3.88. The Labute approximate surface area is 87.0 Å². The Morgan fingerprint density at radius 2 is 2.21 bits per heavy atom. The summed E-state index contributed by atoms with van der Waals surface area (Å²) >= 11 is 5.65. The third-order valence-electron chi connectivity index (χ3n) is 2.27. The van der Waals surface area contributed by atoms with Gasteiger partial charge in [-0.3, -0.25) is 4.79 Å². The lowest BCUT2D eigenvalue weighted by Gasteiger charge is -2.24. The topological polar surface area (TPSA) is 38.3 Å². The van der Waals surface area contributed by atoms with E-state index in [-0.39, 0.29) is 11.8 Å². The molecule has 0 aromatic heterocycles. The Hall–Kier alpha value is -1.22. The van der Waals surface area contributed by atoms with E-state index in [9.17, 15) is 4.79 Å². The highest BCUT2D eigenvalue weighted by molar-refractivity contribution is 6.18. The fourth-order valence-corrected chi connectivity index (χ4v) is 1.79. The second-order valence-corrected chi connectivity index (χ2v) is 3.51. The van der Waals surface area contributed by atoms with Crippen LogP contribution in [0.5, 0.6) is 5.75 Å². The lowest BCUT2D eigenvalue weighted by Crippen LogP contribution is -2.37. The molecule has 1 aromatic rings. The highest BCUT2D eigenvalue weighted by Gasteiger charge is 2.27. The number of benzene rings is 1. The number of hydrogen-bond donors (Lipinski definition) is 1. The van der Waals surface area contributed by atoms with Gasteiger partial charge in [0.05, 0.1) is 5.92 Å². The summed E-state index contributed by atoms with van der Waals surface area (Å²) in [5, 5.41) is 0. The monoisotopic (exact) mass is 211 g/mol. The highest BCUT2D eigenvalue weighted by Crippen LogP contribution is 2.31. The molecule has 0 bridgehead atoms. The zero-order valence-electron chi connectivity index (χ0n) is 7.50. The Morgan fingerprint density at radius 3 is 3.00 bits per heavy atom. The first-order chi connectivity index (χ1) is 6.83. The molecular formula is C10H10ClNO2. The van der Waals surface area contributed by atoms with Crippen LogP contribution in [0, 0.1) is 0 Å². The third-order valence-corrected chi connectivity index (χ3v) is 2.49. The predicted molar refractivity (Wildman–Crippen MR) is 53.3 cm³/mol. The molecule has 1 amide bonds. The first-order valence-corrected chi connectivity index (χ1v) is 4.98. The number of rotatable bonds is 2. The van der Waals surface area contributed by atoms with Gasteiger partial charge in [-0.1, -0.05) is 18.2 Å². The zero-order valence-corrected chi connectivity index (χ0v) is 8.25. The second-order valence-electron chi connectivity index (χ2n) is 3.14. The standard InChI is InChI=1S/C10H10ClNO2/c11-6-5-8-7-3-1-2-4-9(7)14-12-10(8)13/h1-4,8H,5-6H2,(H,12,13). The largest absolute Gasteiger partial charge is 0.379 e. The van der Waals surface area contributed by atoms with E-state index in [2.05, 4.69) is 5.48 Å². The molecule has 1 heterocycles. The summed E-state index contributed by atoms with van der Waals surface area (Å²) in [5.74, 6) is 0.871. The van der Waals surface area contributed by atoms with Crippen molar-refractivity contribution in [3.63, 3.8) is 0 Å². The van der Waals surface area contributed by atoms with Crippen LogP contribution in [-0.2, 0) is 4.79 Å². The van der Waals surface area contributed by atoms with E-state index in [4.69, 9.17) is 16.4 Å². The number of carbonyl (C=O) groups excluding carboxylic acids is 1. The van der Waals surface area contributed by atoms with Gasteiger partial charge in [0.1, 0.15) is 0 Å². The molecule has 1 N–H and O–H groups in total. The molecule has 4 heteroatoms.